The Bertz CT molecular complexity index is 723. The average Bonchev–Trinajstić information content (AvgIpc) is 2.69. The number of benzene rings is 1. The molecule has 10 heteroatoms. The van der Waals surface area contributed by atoms with Gasteiger partial charge in [-0.05, 0) is 37.7 Å². The maximum absolute atomic E-state index is 12.7. The van der Waals surface area contributed by atoms with Gasteiger partial charge >= 0.3 is 0 Å². The molecule has 10 nitrogen and oxygen atoms in total. The van der Waals surface area contributed by atoms with E-state index in [1.165, 1.54) is 0 Å². The Hall–Kier alpha value is -3.17. The molecule has 0 aliphatic heterocycles. The van der Waals surface area contributed by atoms with Crippen molar-refractivity contribution < 1.29 is 14.6 Å². The van der Waals surface area contributed by atoms with E-state index in [1.54, 1.807) is 12.3 Å². The zero-order chi connectivity index (χ0) is 22.5. The summed E-state index contributed by atoms with van der Waals surface area (Å²) in [6.45, 7) is 6.62. The normalized spacial score (nSPS) is 13.4. The Balaban J connectivity index is 2.70. The maximum atomic E-state index is 12.7. The minimum atomic E-state index is -0.797. The number of rotatable bonds is 12. The molecule has 30 heavy (non-hydrogen) atoms. The molecule has 0 spiro atoms. The van der Waals surface area contributed by atoms with Gasteiger partial charge in [-0.25, -0.2) is 15.1 Å². The summed E-state index contributed by atoms with van der Waals surface area (Å²) in [7, 11) is 0. The molecule has 2 amide bonds. The largest absolute Gasteiger partial charge is 0.365 e. The van der Waals surface area contributed by atoms with Crippen molar-refractivity contribution in [3.8, 4) is 0 Å². The lowest BCUT2D eigenvalue weighted by Crippen LogP contribution is -2.48. The molecule has 0 radical (unpaired) electrons. The Morgan fingerprint density at radius 1 is 1.13 bits per heavy atom. The van der Waals surface area contributed by atoms with Crippen LogP contribution in [0.25, 0.3) is 0 Å². The fourth-order valence-corrected chi connectivity index (χ4v) is 2.69. The van der Waals surface area contributed by atoms with Gasteiger partial charge in [-0.2, -0.15) is 0 Å². The SMILES string of the molecule is CC(C)CCNC(=O)[C@H](CCCN=C(N)N[N+](=O)[O-])NC(=O)C(C)c1ccccc1. The van der Waals surface area contributed by atoms with Gasteiger partial charge in [-0.15, -0.1) is 0 Å². The molecular weight excluding hydrogens is 388 g/mol. The summed E-state index contributed by atoms with van der Waals surface area (Å²) in [5.74, 6) is -0.773. The van der Waals surface area contributed by atoms with Crippen LogP contribution >= 0.6 is 0 Å². The monoisotopic (exact) mass is 420 g/mol. The molecule has 0 heterocycles. The van der Waals surface area contributed by atoms with E-state index >= 15 is 0 Å². The molecule has 2 atom stereocenters. The summed E-state index contributed by atoms with van der Waals surface area (Å²) in [6, 6.07) is 8.59. The third-order valence-electron chi connectivity index (χ3n) is 4.49. The number of carbonyl (C=O) groups excluding carboxylic acids is 2. The van der Waals surface area contributed by atoms with Gasteiger partial charge in [0.2, 0.25) is 11.8 Å². The molecule has 166 valence electrons. The fraction of sp³-hybridized carbons (Fsp3) is 0.550. The number of hydrogen-bond acceptors (Lipinski definition) is 5. The second kappa shape index (κ2) is 13.1. The predicted octanol–water partition coefficient (Wildman–Crippen LogP) is 1.31. The Morgan fingerprint density at radius 2 is 1.80 bits per heavy atom. The van der Waals surface area contributed by atoms with Crippen molar-refractivity contribution in [3.05, 3.63) is 46.0 Å². The lowest BCUT2D eigenvalue weighted by atomic mass is 9.99. The van der Waals surface area contributed by atoms with E-state index in [9.17, 15) is 19.7 Å². The lowest BCUT2D eigenvalue weighted by molar-refractivity contribution is -0.525. The zero-order valence-corrected chi connectivity index (χ0v) is 17.8. The van der Waals surface area contributed by atoms with Crippen LogP contribution in [0.2, 0.25) is 0 Å². The first-order chi connectivity index (χ1) is 14.2. The molecule has 0 fully saturated rings. The molecule has 0 saturated carbocycles. The van der Waals surface area contributed by atoms with E-state index < -0.39 is 17.0 Å². The fourth-order valence-electron chi connectivity index (χ4n) is 2.69. The Labute approximate surface area is 176 Å². The van der Waals surface area contributed by atoms with Gasteiger partial charge < -0.3 is 16.4 Å². The van der Waals surface area contributed by atoms with E-state index in [4.69, 9.17) is 5.73 Å². The second-order valence-electron chi connectivity index (χ2n) is 7.45. The molecule has 0 aliphatic rings. The first kappa shape index (κ1) is 24.9. The number of nitro groups is 1. The molecular formula is C20H32N6O4. The minimum absolute atomic E-state index is 0.187. The highest BCUT2D eigenvalue weighted by Crippen LogP contribution is 2.15. The third kappa shape index (κ3) is 9.85. The smallest absolute Gasteiger partial charge is 0.251 e. The third-order valence-corrected chi connectivity index (χ3v) is 4.49. The number of nitrogens with one attached hydrogen (secondary N) is 3. The summed E-state index contributed by atoms with van der Waals surface area (Å²) in [5, 5.41) is 15.2. The highest BCUT2D eigenvalue weighted by atomic mass is 16.7. The quantitative estimate of drug-likeness (QED) is 0.132. The highest BCUT2D eigenvalue weighted by molar-refractivity contribution is 5.90. The van der Waals surface area contributed by atoms with E-state index in [0.29, 0.717) is 25.3 Å². The number of aliphatic imine (C=N–C) groups is 1. The number of carbonyl (C=O) groups is 2. The first-order valence-electron chi connectivity index (χ1n) is 10.0. The van der Waals surface area contributed by atoms with Gasteiger partial charge in [0.05, 0.1) is 5.92 Å². The molecule has 1 aromatic rings. The molecule has 0 saturated heterocycles. The summed E-state index contributed by atoms with van der Waals surface area (Å²) in [4.78, 5) is 39.4. The van der Waals surface area contributed by atoms with Crippen molar-refractivity contribution in [2.75, 3.05) is 13.1 Å². The van der Waals surface area contributed by atoms with Crippen LogP contribution in [-0.4, -0.2) is 41.9 Å². The van der Waals surface area contributed by atoms with Crippen LogP contribution in [0.4, 0.5) is 0 Å². The van der Waals surface area contributed by atoms with Gasteiger partial charge in [0.25, 0.3) is 5.96 Å². The lowest BCUT2D eigenvalue weighted by Gasteiger charge is -2.21. The van der Waals surface area contributed by atoms with Crippen molar-refractivity contribution in [1.82, 2.24) is 16.1 Å². The van der Waals surface area contributed by atoms with E-state index in [1.807, 2.05) is 30.3 Å². The number of nitrogens with two attached hydrogens (primary N) is 1. The van der Waals surface area contributed by atoms with Crippen LogP contribution in [0.15, 0.2) is 35.3 Å². The maximum Gasteiger partial charge on any atom is 0.251 e. The topological polar surface area (TPSA) is 152 Å². The highest BCUT2D eigenvalue weighted by Gasteiger charge is 2.23. The number of amides is 2. The van der Waals surface area contributed by atoms with Crippen LogP contribution in [0.5, 0.6) is 0 Å². The van der Waals surface area contributed by atoms with Crippen LogP contribution < -0.4 is 21.8 Å². The Morgan fingerprint density at radius 3 is 2.40 bits per heavy atom. The summed E-state index contributed by atoms with van der Waals surface area (Å²) in [6.07, 6.45) is 1.58. The standard InChI is InChI=1S/C20H32N6O4/c1-14(2)11-13-22-19(28)17(10-7-12-23-20(21)25-26(29)30)24-18(27)15(3)16-8-5-4-6-9-16/h4-6,8-9,14-15,17H,7,10-13H2,1-3H3,(H,22,28)(H,24,27)(H3,21,23,25)/t15?,17-/m0/s1. The molecule has 0 bridgehead atoms. The second-order valence-corrected chi connectivity index (χ2v) is 7.45. The predicted molar refractivity (Wildman–Crippen MR) is 115 cm³/mol. The van der Waals surface area contributed by atoms with Gasteiger partial charge in [0.15, 0.2) is 5.03 Å². The van der Waals surface area contributed by atoms with E-state index in [2.05, 4.69) is 29.5 Å². The Kier molecular flexibility index (Phi) is 10.9. The van der Waals surface area contributed by atoms with Gasteiger partial charge in [-0.1, -0.05) is 49.6 Å². The van der Waals surface area contributed by atoms with E-state index in [-0.39, 0.29) is 24.3 Å². The van der Waals surface area contributed by atoms with Crippen LogP contribution in [0.1, 0.15) is 51.5 Å². The molecule has 1 unspecified atom stereocenters. The molecule has 0 aromatic heterocycles. The number of hydrogen-bond donors (Lipinski definition) is 4. The molecule has 1 aromatic carbocycles. The molecule has 0 aliphatic carbocycles. The number of hydrazine groups is 1. The zero-order valence-electron chi connectivity index (χ0n) is 17.8. The summed E-state index contributed by atoms with van der Waals surface area (Å²) in [5.41, 5.74) is 8.00. The van der Waals surface area contributed by atoms with Gasteiger partial charge in [0, 0.05) is 13.1 Å². The summed E-state index contributed by atoms with van der Waals surface area (Å²) < 4.78 is 0. The van der Waals surface area contributed by atoms with E-state index in [0.717, 1.165) is 12.0 Å². The first-order valence-corrected chi connectivity index (χ1v) is 10.0. The minimum Gasteiger partial charge on any atom is -0.365 e. The van der Waals surface area contributed by atoms with Gasteiger partial charge in [0.1, 0.15) is 6.04 Å². The number of guanidine groups is 1. The van der Waals surface area contributed by atoms with Crippen molar-refractivity contribution in [2.24, 2.45) is 16.6 Å². The molecule has 1 rings (SSSR count). The van der Waals surface area contributed by atoms with Crippen molar-refractivity contribution in [1.29, 1.82) is 0 Å². The van der Waals surface area contributed by atoms with Crippen molar-refractivity contribution in [2.45, 2.75) is 52.0 Å². The van der Waals surface area contributed by atoms with Gasteiger partial charge in [-0.3, -0.25) is 9.59 Å². The molecule has 5 N–H and O–H groups in total. The van der Waals surface area contributed by atoms with Crippen LogP contribution in [0, 0.1) is 16.0 Å². The number of nitrogens with zero attached hydrogens (tertiary/aromatic N) is 2. The van der Waals surface area contributed by atoms with Crippen molar-refractivity contribution in [3.63, 3.8) is 0 Å². The van der Waals surface area contributed by atoms with Crippen LogP contribution in [0.3, 0.4) is 0 Å². The van der Waals surface area contributed by atoms with Crippen LogP contribution in [-0.2, 0) is 9.59 Å². The summed E-state index contributed by atoms with van der Waals surface area (Å²) >= 11 is 0. The van der Waals surface area contributed by atoms with Crippen molar-refractivity contribution >= 4 is 17.8 Å². The average molecular weight is 421 g/mol.